The minimum atomic E-state index is -3.65. The third kappa shape index (κ3) is 4.39. The molecule has 3 aliphatic heterocycles. The molecule has 2 saturated heterocycles. The molecule has 5 rings (SSSR count). The van der Waals surface area contributed by atoms with Gasteiger partial charge in [-0.15, -0.1) is 0 Å². The molecule has 1 amide bonds. The molecule has 0 aliphatic carbocycles. The van der Waals surface area contributed by atoms with Crippen molar-refractivity contribution >= 4 is 15.9 Å². The highest BCUT2D eigenvalue weighted by Crippen LogP contribution is 2.38. The minimum absolute atomic E-state index is 0.0527. The van der Waals surface area contributed by atoms with Crippen LogP contribution in [0.15, 0.2) is 47.4 Å². The third-order valence-electron chi connectivity index (χ3n) is 6.59. The van der Waals surface area contributed by atoms with Gasteiger partial charge in [0.25, 0.3) is 5.91 Å². The first kappa shape index (κ1) is 23.1. The van der Waals surface area contributed by atoms with Crippen LogP contribution < -0.4 is 9.47 Å². The lowest BCUT2D eigenvalue weighted by Gasteiger charge is -2.34. The summed E-state index contributed by atoms with van der Waals surface area (Å²) in [4.78, 5) is 15.4. The molecule has 2 fully saturated rings. The van der Waals surface area contributed by atoms with Crippen LogP contribution in [0.25, 0.3) is 0 Å². The maximum atomic E-state index is 13.4. The number of ether oxygens (including phenoxy) is 3. The summed E-state index contributed by atoms with van der Waals surface area (Å²) in [6.07, 6.45) is 1.45. The number of rotatable bonds is 4. The summed E-state index contributed by atoms with van der Waals surface area (Å²) in [7, 11) is -3.65. The van der Waals surface area contributed by atoms with Crippen molar-refractivity contribution in [2.24, 2.45) is 0 Å². The molecule has 2 aromatic rings. The Balaban J connectivity index is 1.34. The van der Waals surface area contributed by atoms with Gasteiger partial charge >= 0.3 is 0 Å². The van der Waals surface area contributed by atoms with E-state index in [2.05, 4.69) is 0 Å². The molecule has 3 unspecified atom stereocenters. The summed E-state index contributed by atoms with van der Waals surface area (Å²) in [6, 6.07) is 12.1. The average molecular weight is 487 g/mol. The van der Waals surface area contributed by atoms with Crippen LogP contribution in [0.4, 0.5) is 0 Å². The first-order valence-electron chi connectivity index (χ1n) is 11.8. The lowest BCUT2D eigenvalue weighted by Crippen LogP contribution is -2.48. The minimum Gasteiger partial charge on any atom is -0.486 e. The van der Waals surface area contributed by atoms with Crippen molar-refractivity contribution in [3.8, 4) is 11.5 Å². The van der Waals surface area contributed by atoms with Crippen molar-refractivity contribution in [1.29, 1.82) is 0 Å². The second-order valence-corrected chi connectivity index (χ2v) is 11.1. The summed E-state index contributed by atoms with van der Waals surface area (Å²) < 4.78 is 44.7. The normalized spacial score (nSPS) is 25.4. The molecule has 0 N–H and O–H groups in total. The van der Waals surface area contributed by atoms with Crippen LogP contribution in [0.2, 0.25) is 0 Å². The van der Waals surface area contributed by atoms with E-state index in [0.29, 0.717) is 44.2 Å². The van der Waals surface area contributed by atoms with E-state index in [1.165, 1.54) is 16.4 Å². The molecule has 2 aromatic carbocycles. The Hall–Kier alpha value is -2.62. The van der Waals surface area contributed by atoms with Gasteiger partial charge in [0.1, 0.15) is 13.2 Å². The van der Waals surface area contributed by atoms with Crippen LogP contribution >= 0.6 is 0 Å². The highest BCUT2D eigenvalue weighted by molar-refractivity contribution is 7.89. The standard InChI is InChI=1S/C25H30N2O6S/c1-17-15-26(16-18(2)33-17)34(29,30)21-8-5-19(6-9-21)25(28)27-11-3-4-22(27)20-7-10-23-24(14-20)32-13-12-31-23/h5-10,14,17-18,22H,3-4,11-13,15-16H2,1-2H3. The summed E-state index contributed by atoms with van der Waals surface area (Å²) >= 11 is 0. The van der Waals surface area contributed by atoms with Crippen molar-refractivity contribution in [3.05, 3.63) is 53.6 Å². The highest BCUT2D eigenvalue weighted by atomic mass is 32.2. The van der Waals surface area contributed by atoms with Gasteiger partial charge in [-0.2, -0.15) is 4.31 Å². The zero-order valence-corrected chi connectivity index (χ0v) is 20.3. The van der Waals surface area contributed by atoms with Crippen molar-refractivity contribution in [3.63, 3.8) is 0 Å². The van der Waals surface area contributed by atoms with Gasteiger partial charge in [-0.05, 0) is 68.7 Å². The second kappa shape index (κ2) is 9.20. The number of carbonyl (C=O) groups is 1. The van der Waals surface area contributed by atoms with Gasteiger partial charge in [-0.1, -0.05) is 6.07 Å². The van der Waals surface area contributed by atoms with Crippen molar-refractivity contribution in [2.75, 3.05) is 32.8 Å². The molecule has 0 saturated carbocycles. The van der Waals surface area contributed by atoms with E-state index in [0.717, 1.165) is 24.2 Å². The molecule has 3 aliphatic rings. The van der Waals surface area contributed by atoms with Crippen molar-refractivity contribution in [1.82, 2.24) is 9.21 Å². The molecule has 8 nitrogen and oxygen atoms in total. The number of benzene rings is 2. The number of likely N-dealkylation sites (tertiary alicyclic amines) is 1. The average Bonchev–Trinajstić information content (AvgIpc) is 3.33. The van der Waals surface area contributed by atoms with Gasteiger partial charge in [0.2, 0.25) is 10.0 Å². The van der Waals surface area contributed by atoms with Gasteiger partial charge in [0.15, 0.2) is 11.5 Å². The number of carbonyl (C=O) groups excluding carboxylic acids is 1. The van der Waals surface area contributed by atoms with Gasteiger partial charge < -0.3 is 19.1 Å². The number of hydrogen-bond acceptors (Lipinski definition) is 6. The zero-order chi connectivity index (χ0) is 23.9. The lowest BCUT2D eigenvalue weighted by molar-refractivity contribution is -0.0440. The number of hydrogen-bond donors (Lipinski definition) is 0. The van der Waals surface area contributed by atoms with E-state index in [1.54, 1.807) is 12.1 Å². The number of sulfonamides is 1. The lowest BCUT2D eigenvalue weighted by atomic mass is 10.0. The van der Waals surface area contributed by atoms with Crippen LogP contribution in [0.5, 0.6) is 11.5 Å². The van der Waals surface area contributed by atoms with E-state index in [9.17, 15) is 13.2 Å². The van der Waals surface area contributed by atoms with Gasteiger partial charge in [-0.3, -0.25) is 4.79 Å². The van der Waals surface area contributed by atoms with E-state index >= 15 is 0 Å². The topological polar surface area (TPSA) is 85.4 Å². The largest absolute Gasteiger partial charge is 0.486 e. The fourth-order valence-electron chi connectivity index (χ4n) is 5.03. The quantitative estimate of drug-likeness (QED) is 0.660. The van der Waals surface area contributed by atoms with Crippen LogP contribution in [0.3, 0.4) is 0 Å². The van der Waals surface area contributed by atoms with Crippen molar-refractivity contribution in [2.45, 2.75) is 49.8 Å². The van der Waals surface area contributed by atoms with E-state index < -0.39 is 10.0 Å². The number of fused-ring (bicyclic) bond motifs is 1. The van der Waals surface area contributed by atoms with Gasteiger partial charge in [0.05, 0.1) is 23.1 Å². The summed E-state index contributed by atoms with van der Waals surface area (Å²) in [5.74, 6) is 1.34. The van der Waals surface area contributed by atoms with E-state index in [1.807, 2.05) is 36.9 Å². The summed E-state index contributed by atoms with van der Waals surface area (Å²) in [6.45, 7) is 6.08. The molecule has 182 valence electrons. The molecule has 3 atom stereocenters. The Morgan fingerprint density at radius 3 is 2.32 bits per heavy atom. The first-order chi connectivity index (χ1) is 16.3. The predicted octanol–water partition coefficient (Wildman–Crippen LogP) is 3.23. The number of amides is 1. The van der Waals surface area contributed by atoms with Gasteiger partial charge in [0, 0.05) is 25.2 Å². The maximum absolute atomic E-state index is 13.4. The van der Waals surface area contributed by atoms with Crippen LogP contribution in [0, 0.1) is 0 Å². The van der Waals surface area contributed by atoms with Crippen molar-refractivity contribution < 1.29 is 27.4 Å². The number of nitrogens with zero attached hydrogens (tertiary/aromatic N) is 2. The molecule has 0 radical (unpaired) electrons. The summed E-state index contributed by atoms with van der Waals surface area (Å²) in [5.41, 5.74) is 1.50. The second-order valence-electron chi connectivity index (χ2n) is 9.16. The fourth-order valence-corrected chi connectivity index (χ4v) is 6.63. The predicted molar refractivity (Wildman–Crippen MR) is 126 cm³/mol. The third-order valence-corrected chi connectivity index (χ3v) is 8.44. The molecule has 0 bridgehead atoms. The van der Waals surface area contributed by atoms with Crippen LogP contribution in [0.1, 0.15) is 48.7 Å². The maximum Gasteiger partial charge on any atom is 0.254 e. The molecular formula is C25H30N2O6S. The highest BCUT2D eigenvalue weighted by Gasteiger charge is 2.34. The molecular weight excluding hydrogens is 456 g/mol. The molecule has 0 spiro atoms. The molecule has 0 aromatic heterocycles. The summed E-state index contributed by atoms with van der Waals surface area (Å²) in [5, 5.41) is 0. The zero-order valence-electron chi connectivity index (χ0n) is 19.5. The Kier molecular flexibility index (Phi) is 6.26. The van der Waals surface area contributed by atoms with Gasteiger partial charge in [-0.25, -0.2) is 8.42 Å². The monoisotopic (exact) mass is 486 g/mol. The van der Waals surface area contributed by atoms with Crippen LogP contribution in [-0.4, -0.2) is 68.6 Å². The SMILES string of the molecule is CC1CN(S(=O)(=O)c2ccc(C(=O)N3CCCC3c3ccc4c(c3)OCCO4)cc2)CC(C)O1. The van der Waals surface area contributed by atoms with E-state index in [-0.39, 0.29) is 29.1 Å². The van der Waals surface area contributed by atoms with Crippen LogP contribution in [-0.2, 0) is 14.8 Å². The Labute approximate surface area is 200 Å². The Bertz CT molecular complexity index is 1160. The molecule has 9 heteroatoms. The van der Waals surface area contributed by atoms with E-state index in [4.69, 9.17) is 14.2 Å². The first-order valence-corrected chi connectivity index (χ1v) is 13.2. The Morgan fingerprint density at radius 2 is 1.62 bits per heavy atom. The molecule has 34 heavy (non-hydrogen) atoms. The fraction of sp³-hybridized carbons (Fsp3) is 0.480. The molecule has 3 heterocycles. The Morgan fingerprint density at radius 1 is 0.941 bits per heavy atom. The number of morpholine rings is 1. The smallest absolute Gasteiger partial charge is 0.254 e.